The summed E-state index contributed by atoms with van der Waals surface area (Å²) in [5, 5.41) is 3.05. The molecule has 1 aliphatic heterocycles. The van der Waals surface area contributed by atoms with Crippen LogP contribution in [0.3, 0.4) is 0 Å². The van der Waals surface area contributed by atoms with Crippen LogP contribution in [0, 0.1) is 23.2 Å². The number of rotatable bonds is 6. The first kappa shape index (κ1) is 21.7. The van der Waals surface area contributed by atoms with Crippen LogP contribution in [0.25, 0.3) is 0 Å². The minimum atomic E-state index is -0.207. The Morgan fingerprint density at radius 3 is 2.22 bits per heavy atom. The Balaban J connectivity index is 1.13. The fourth-order valence-electron chi connectivity index (χ4n) is 7.37. The molecule has 174 valence electrons. The Labute approximate surface area is 191 Å². The third-order valence-electron chi connectivity index (χ3n) is 8.67. The van der Waals surface area contributed by atoms with Crippen molar-refractivity contribution < 1.29 is 14.3 Å². The number of nitrogens with zero attached hydrogens (tertiary/aromatic N) is 2. The van der Waals surface area contributed by atoms with Gasteiger partial charge in [0.2, 0.25) is 11.8 Å². The highest BCUT2D eigenvalue weighted by atomic mass is 16.5. The van der Waals surface area contributed by atoms with Crippen molar-refractivity contribution in [1.82, 2.24) is 15.1 Å². The number of piperazine rings is 1. The van der Waals surface area contributed by atoms with Gasteiger partial charge in [0.25, 0.3) is 0 Å². The van der Waals surface area contributed by atoms with Gasteiger partial charge in [0, 0.05) is 38.3 Å². The molecule has 4 saturated carbocycles. The molecule has 1 saturated heterocycles. The van der Waals surface area contributed by atoms with Crippen LogP contribution in [0.1, 0.15) is 51.0 Å². The van der Waals surface area contributed by atoms with E-state index >= 15 is 0 Å². The summed E-state index contributed by atoms with van der Waals surface area (Å²) in [5.74, 6) is 3.61. The van der Waals surface area contributed by atoms with Gasteiger partial charge < -0.3 is 15.0 Å². The molecule has 5 fully saturated rings. The van der Waals surface area contributed by atoms with E-state index in [1.165, 1.54) is 19.3 Å². The molecule has 2 amide bonds. The van der Waals surface area contributed by atoms with Crippen LogP contribution in [-0.2, 0) is 16.1 Å². The summed E-state index contributed by atoms with van der Waals surface area (Å²) in [4.78, 5) is 30.7. The van der Waals surface area contributed by atoms with Crippen LogP contribution < -0.4 is 10.1 Å². The van der Waals surface area contributed by atoms with Crippen LogP contribution in [-0.4, -0.2) is 60.9 Å². The number of para-hydroxylation sites is 1. The molecule has 0 spiro atoms. The van der Waals surface area contributed by atoms with E-state index in [2.05, 4.69) is 15.1 Å². The van der Waals surface area contributed by atoms with E-state index in [-0.39, 0.29) is 17.4 Å². The monoisotopic (exact) mass is 439 g/mol. The van der Waals surface area contributed by atoms with E-state index < -0.39 is 0 Å². The SMILES string of the molecule is COc1ccccc1CNC(=O)C(C)N1CCN(C(=O)C23CC4CC(CC(C4)C2)C3)CC1. The summed E-state index contributed by atoms with van der Waals surface area (Å²) < 4.78 is 5.38. The minimum absolute atomic E-state index is 0.0248. The Hall–Kier alpha value is -2.08. The van der Waals surface area contributed by atoms with Crippen molar-refractivity contribution in [2.45, 2.75) is 58.0 Å². The number of ether oxygens (including phenoxy) is 1. The number of hydrogen-bond donors (Lipinski definition) is 1. The van der Waals surface area contributed by atoms with Gasteiger partial charge in [-0.3, -0.25) is 14.5 Å². The van der Waals surface area contributed by atoms with Crippen molar-refractivity contribution in [2.75, 3.05) is 33.3 Å². The second kappa shape index (κ2) is 8.69. The molecule has 1 N–H and O–H groups in total. The molecule has 5 aliphatic rings. The first-order chi connectivity index (χ1) is 15.5. The first-order valence-corrected chi connectivity index (χ1v) is 12.4. The zero-order chi connectivity index (χ0) is 22.3. The molecule has 1 heterocycles. The molecule has 1 unspecified atom stereocenters. The van der Waals surface area contributed by atoms with Crippen LogP contribution in [0.15, 0.2) is 24.3 Å². The Kier molecular flexibility index (Phi) is 5.91. The number of carbonyl (C=O) groups is 2. The zero-order valence-corrected chi connectivity index (χ0v) is 19.5. The summed E-state index contributed by atoms with van der Waals surface area (Å²) in [5.41, 5.74) is 0.913. The molecule has 6 heteroatoms. The number of nitrogens with one attached hydrogen (secondary N) is 1. The summed E-state index contributed by atoms with van der Waals surface area (Å²) in [6.07, 6.45) is 7.46. The van der Waals surface area contributed by atoms with E-state index in [1.54, 1.807) is 7.11 Å². The standard InChI is InChI=1S/C26H37N3O3/c1-18(24(30)27-17-22-5-3-4-6-23(22)32-2)28-7-9-29(10-8-28)25(31)26-14-19-11-20(15-26)13-21(12-19)16-26/h3-6,18-21H,7-17H2,1-2H3,(H,27,30). The highest BCUT2D eigenvalue weighted by Crippen LogP contribution is 2.60. The minimum Gasteiger partial charge on any atom is -0.496 e. The molecule has 1 aromatic rings. The van der Waals surface area contributed by atoms with E-state index in [1.807, 2.05) is 31.2 Å². The maximum atomic E-state index is 13.6. The molecule has 32 heavy (non-hydrogen) atoms. The Morgan fingerprint density at radius 2 is 1.62 bits per heavy atom. The first-order valence-electron chi connectivity index (χ1n) is 12.4. The summed E-state index contributed by atoms with van der Waals surface area (Å²) in [6, 6.07) is 7.55. The maximum Gasteiger partial charge on any atom is 0.237 e. The van der Waals surface area contributed by atoms with E-state index in [0.717, 1.165) is 74.5 Å². The summed E-state index contributed by atoms with van der Waals surface area (Å²) in [7, 11) is 1.65. The van der Waals surface area contributed by atoms with Crippen molar-refractivity contribution in [3.8, 4) is 5.75 Å². The lowest BCUT2D eigenvalue weighted by atomic mass is 9.49. The van der Waals surface area contributed by atoms with Gasteiger partial charge in [-0.2, -0.15) is 0 Å². The van der Waals surface area contributed by atoms with Crippen LogP contribution >= 0.6 is 0 Å². The molecule has 1 aromatic carbocycles. The number of amides is 2. The summed E-state index contributed by atoms with van der Waals surface area (Å²) in [6.45, 7) is 5.43. The van der Waals surface area contributed by atoms with E-state index in [0.29, 0.717) is 12.5 Å². The lowest BCUT2D eigenvalue weighted by molar-refractivity contribution is -0.159. The molecule has 0 aromatic heterocycles. The van der Waals surface area contributed by atoms with Crippen LogP contribution in [0.5, 0.6) is 5.75 Å². The Bertz CT molecular complexity index is 826. The highest BCUT2D eigenvalue weighted by molar-refractivity contribution is 5.84. The molecule has 4 bridgehead atoms. The molecular formula is C26H37N3O3. The van der Waals surface area contributed by atoms with Crippen LogP contribution in [0.4, 0.5) is 0 Å². The van der Waals surface area contributed by atoms with Gasteiger partial charge in [-0.1, -0.05) is 18.2 Å². The lowest BCUT2D eigenvalue weighted by Crippen LogP contribution is -2.60. The highest BCUT2D eigenvalue weighted by Gasteiger charge is 2.55. The molecule has 6 nitrogen and oxygen atoms in total. The third-order valence-corrected chi connectivity index (χ3v) is 8.67. The predicted octanol–water partition coefficient (Wildman–Crippen LogP) is 3.06. The van der Waals surface area contributed by atoms with Crippen molar-refractivity contribution in [1.29, 1.82) is 0 Å². The van der Waals surface area contributed by atoms with Crippen molar-refractivity contribution in [3.63, 3.8) is 0 Å². The summed E-state index contributed by atoms with van der Waals surface area (Å²) >= 11 is 0. The average Bonchev–Trinajstić information content (AvgIpc) is 2.81. The van der Waals surface area contributed by atoms with Gasteiger partial charge in [-0.05, 0) is 69.3 Å². The largest absolute Gasteiger partial charge is 0.496 e. The fraction of sp³-hybridized carbons (Fsp3) is 0.692. The van der Waals surface area contributed by atoms with Crippen molar-refractivity contribution >= 4 is 11.8 Å². The van der Waals surface area contributed by atoms with Gasteiger partial charge in [-0.25, -0.2) is 0 Å². The number of benzene rings is 1. The smallest absolute Gasteiger partial charge is 0.237 e. The average molecular weight is 440 g/mol. The Morgan fingerprint density at radius 1 is 1.03 bits per heavy atom. The topological polar surface area (TPSA) is 61.9 Å². The number of hydrogen-bond acceptors (Lipinski definition) is 4. The maximum absolute atomic E-state index is 13.6. The van der Waals surface area contributed by atoms with Crippen molar-refractivity contribution in [3.05, 3.63) is 29.8 Å². The molecular weight excluding hydrogens is 402 g/mol. The molecule has 1 atom stereocenters. The number of methoxy groups -OCH3 is 1. The van der Waals surface area contributed by atoms with Gasteiger partial charge in [0.05, 0.1) is 18.6 Å². The zero-order valence-electron chi connectivity index (χ0n) is 19.5. The normalized spacial score (nSPS) is 32.6. The molecule has 4 aliphatic carbocycles. The molecule has 0 radical (unpaired) electrons. The predicted molar refractivity (Wildman–Crippen MR) is 123 cm³/mol. The second-order valence-corrected chi connectivity index (χ2v) is 10.7. The van der Waals surface area contributed by atoms with E-state index in [9.17, 15) is 9.59 Å². The van der Waals surface area contributed by atoms with Gasteiger partial charge in [0.1, 0.15) is 5.75 Å². The van der Waals surface area contributed by atoms with Crippen molar-refractivity contribution in [2.24, 2.45) is 23.2 Å². The quantitative estimate of drug-likeness (QED) is 0.740. The lowest BCUT2D eigenvalue weighted by Gasteiger charge is -2.57. The van der Waals surface area contributed by atoms with Crippen LogP contribution in [0.2, 0.25) is 0 Å². The van der Waals surface area contributed by atoms with Gasteiger partial charge in [-0.15, -0.1) is 0 Å². The third kappa shape index (κ3) is 4.02. The van der Waals surface area contributed by atoms with E-state index in [4.69, 9.17) is 4.74 Å². The second-order valence-electron chi connectivity index (χ2n) is 10.7. The fourth-order valence-corrected chi connectivity index (χ4v) is 7.37. The number of carbonyl (C=O) groups excluding carboxylic acids is 2. The molecule has 6 rings (SSSR count). The van der Waals surface area contributed by atoms with Gasteiger partial charge in [0.15, 0.2) is 0 Å². The van der Waals surface area contributed by atoms with Gasteiger partial charge >= 0.3 is 0 Å².